The maximum Gasteiger partial charge on any atom is 0.0587 e. The highest BCUT2D eigenvalue weighted by Crippen LogP contribution is 2.55. The molecule has 0 saturated heterocycles. The predicted molar refractivity (Wildman–Crippen MR) is 80.7 cm³/mol. The van der Waals surface area contributed by atoms with E-state index in [1.54, 1.807) is 7.11 Å². The first kappa shape index (κ1) is 14.5. The van der Waals surface area contributed by atoms with E-state index in [2.05, 4.69) is 44.3 Å². The summed E-state index contributed by atoms with van der Waals surface area (Å²) in [6.45, 7) is 9.53. The van der Waals surface area contributed by atoms with Crippen molar-refractivity contribution in [1.82, 2.24) is 5.32 Å². The number of hydrogen-bond donors (Lipinski definition) is 1. The van der Waals surface area contributed by atoms with Crippen LogP contribution in [0.2, 0.25) is 0 Å². The molecule has 1 fully saturated rings. The van der Waals surface area contributed by atoms with E-state index in [0.29, 0.717) is 5.41 Å². The molecule has 1 aromatic rings. The Balaban J connectivity index is 2.09. The molecule has 0 aliphatic heterocycles. The lowest BCUT2D eigenvalue weighted by atomic mass is 9.90. The van der Waals surface area contributed by atoms with Crippen LogP contribution in [0.25, 0.3) is 0 Å². The second kappa shape index (κ2) is 6.06. The Kier molecular flexibility index (Phi) is 4.64. The van der Waals surface area contributed by atoms with E-state index in [9.17, 15) is 0 Å². The first-order valence-electron chi connectivity index (χ1n) is 7.41. The van der Waals surface area contributed by atoms with Gasteiger partial charge in [0.25, 0.3) is 0 Å². The molecular formula is C17H27NO. The molecule has 106 valence electrons. The third kappa shape index (κ3) is 3.01. The van der Waals surface area contributed by atoms with Gasteiger partial charge in [0.2, 0.25) is 0 Å². The smallest absolute Gasteiger partial charge is 0.0587 e. The van der Waals surface area contributed by atoms with Gasteiger partial charge < -0.3 is 10.1 Å². The summed E-state index contributed by atoms with van der Waals surface area (Å²) in [6.07, 6.45) is 2.60. The van der Waals surface area contributed by atoms with Crippen LogP contribution in [0.15, 0.2) is 18.2 Å². The van der Waals surface area contributed by atoms with E-state index in [1.165, 1.54) is 29.5 Å². The van der Waals surface area contributed by atoms with Crippen LogP contribution >= 0.6 is 0 Å². The summed E-state index contributed by atoms with van der Waals surface area (Å²) in [7, 11) is 1.76. The molecule has 0 heterocycles. The first-order valence-corrected chi connectivity index (χ1v) is 7.41. The lowest BCUT2D eigenvalue weighted by Crippen LogP contribution is -2.31. The molecule has 1 aromatic carbocycles. The third-order valence-corrected chi connectivity index (χ3v) is 4.73. The Labute approximate surface area is 117 Å². The van der Waals surface area contributed by atoms with Gasteiger partial charge >= 0.3 is 0 Å². The van der Waals surface area contributed by atoms with Crippen LogP contribution in [0.1, 0.15) is 36.5 Å². The van der Waals surface area contributed by atoms with Gasteiger partial charge in [-0.2, -0.15) is 0 Å². The highest BCUT2D eigenvalue weighted by atomic mass is 16.5. The van der Waals surface area contributed by atoms with Gasteiger partial charge in [-0.25, -0.2) is 0 Å². The Morgan fingerprint density at radius 1 is 1.32 bits per heavy atom. The molecule has 0 spiro atoms. The van der Waals surface area contributed by atoms with Crippen LogP contribution in [0.3, 0.4) is 0 Å². The van der Waals surface area contributed by atoms with Gasteiger partial charge in [-0.1, -0.05) is 31.5 Å². The number of hydrogen-bond acceptors (Lipinski definition) is 2. The van der Waals surface area contributed by atoms with Crippen LogP contribution in [0.4, 0.5) is 0 Å². The topological polar surface area (TPSA) is 21.3 Å². The minimum absolute atomic E-state index is 0.376. The standard InChI is InChI=1S/C17H27NO/c1-5-15-11-17(15,12-18-8-9-19-4)16-7-6-13(2)14(3)10-16/h6-7,10,15,18H,5,8-9,11-12H2,1-4H3. The van der Waals surface area contributed by atoms with Crippen molar-refractivity contribution in [1.29, 1.82) is 0 Å². The van der Waals surface area contributed by atoms with E-state index in [0.717, 1.165) is 25.6 Å². The van der Waals surface area contributed by atoms with Gasteiger partial charge in [-0.3, -0.25) is 0 Å². The quantitative estimate of drug-likeness (QED) is 0.761. The van der Waals surface area contributed by atoms with Crippen molar-refractivity contribution in [2.24, 2.45) is 5.92 Å². The van der Waals surface area contributed by atoms with Crippen molar-refractivity contribution in [3.8, 4) is 0 Å². The van der Waals surface area contributed by atoms with Crippen LogP contribution in [-0.4, -0.2) is 26.8 Å². The predicted octanol–water partition coefficient (Wildman–Crippen LogP) is 3.21. The normalized spacial score (nSPS) is 25.6. The molecule has 0 aromatic heterocycles. The number of nitrogens with one attached hydrogen (secondary N) is 1. The SMILES string of the molecule is CCC1CC1(CNCCOC)c1ccc(C)c(C)c1. The second-order valence-electron chi connectivity index (χ2n) is 5.93. The monoisotopic (exact) mass is 261 g/mol. The van der Waals surface area contributed by atoms with Gasteiger partial charge in [-0.05, 0) is 42.9 Å². The van der Waals surface area contributed by atoms with Gasteiger partial charge in [0, 0.05) is 25.6 Å². The van der Waals surface area contributed by atoms with E-state index in [-0.39, 0.29) is 0 Å². The highest BCUT2D eigenvalue weighted by molar-refractivity contribution is 5.39. The highest BCUT2D eigenvalue weighted by Gasteiger charge is 2.53. The summed E-state index contributed by atoms with van der Waals surface area (Å²) < 4.78 is 5.11. The lowest BCUT2D eigenvalue weighted by molar-refractivity contribution is 0.198. The van der Waals surface area contributed by atoms with Gasteiger partial charge in [-0.15, -0.1) is 0 Å². The van der Waals surface area contributed by atoms with Crippen molar-refractivity contribution >= 4 is 0 Å². The molecule has 2 unspecified atom stereocenters. The molecule has 1 aliphatic rings. The molecular weight excluding hydrogens is 234 g/mol. The molecule has 0 amide bonds. The molecule has 2 heteroatoms. The van der Waals surface area contributed by atoms with E-state index < -0.39 is 0 Å². The lowest BCUT2D eigenvalue weighted by Gasteiger charge is -2.20. The van der Waals surface area contributed by atoms with Crippen molar-refractivity contribution in [2.75, 3.05) is 26.8 Å². The van der Waals surface area contributed by atoms with Crippen molar-refractivity contribution in [3.63, 3.8) is 0 Å². The first-order chi connectivity index (χ1) is 9.14. The van der Waals surface area contributed by atoms with Crippen molar-refractivity contribution in [3.05, 3.63) is 34.9 Å². The second-order valence-corrected chi connectivity index (χ2v) is 5.93. The maximum atomic E-state index is 5.11. The fourth-order valence-corrected chi connectivity index (χ4v) is 3.12. The Hall–Kier alpha value is -0.860. The summed E-state index contributed by atoms with van der Waals surface area (Å²) >= 11 is 0. The molecule has 1 N–H and O–H groups in total. The van der Waals surface area contributed by atoms with E-state index in [4.69, 9.17) is 4.74 Å². The number of ether oxygens (including phenoxy) is 1. The average molecular weight is 261 g/mol. The molecule has 0 bridgehead atoms. The molecule has 1 saturated carbocycles. The molecule has 0 radical (unpaired) electrons. The molecule has 2 nitrogen and oxygen atoms in total. The minimum atomic E-state index is 0.376. The Morgan fingerprint density at radius 3 is 2.68 bits per heavy atom. The molecule has 2 rings (SSSR count). The molecule has 2 atom stereocenters. The molecule has 19 heavy (non-hydrogen) atoms. The fourth-order valence-electron chi connectivity index (χ4n) is 3.12. The average Bonchev–Trinajstić information content (AvgIpc) is 3.13. The zero-order valence-corrected chi connectivity index (χ0v) is 12.8. The summed E-state index contributed by atoms with van der Waals surface area (Å²) in [5, 5.41) is 3.56. The van der Waals surface area contributed by atoms with Crippen molar-refractivity contribution in [2.45, 2.75) is 39.0 Å². The number of aryl methyl sites for hydroxylation is 2. The maximum absolute atomic E-state index is 5.11. The summed E-state index contributed by atoms with van der Waals surface area (Å²) in [5.41, 5.74) is 4.70. The summed E-state index contributed by atoms with van der Waals surface area (Å²) in [4.78, 5) is 0. The number of benzene rings is 1. The van der Waals surface area contributed by atoms with Gasteiger partial charge in [0.15, 0.2) is 0 Å². The van der Waals surface area contributed by atoms with Gasteiger partial charge in [0.1, 0.15) is 0 Å². The van der Waals surface area contributed by atoms with Crippen LogP contribution in [-0.2, 0) is 10.2 Å². The van der Waals surface area contributed by atoms with E-state index >= 15 is 0 Å². The number of rotatable bonds is 7. The van der Waals surface area contributed by atoms with Crippen LogP contribution in [0, 0.1) is 19.8 Å². The van der Waals surface area contributed by atoms with Crippen LogP contribution in [0.5, 0.6) is 0 Å². The Morgan fingerprint density at radius 2 is 2.11 bits per heavy atom. The number of methoxy groups -OCH3 is 1. The minimum Gasteiger partial charge on any atom is -0.383 e. The summed E-state index contributed by atoms with van der Waals surface area (Å²) in [5.74, 6) is 0.838. The van der Waals surface area contributed by atoms with Crippen LogP contribution < -0.4 is 5.32 Å². The van der Waals surface area contributed by atoms with E-state index in [1.807, 2.05) is 0 Å². The third-order valence-electron chi connectivity index (χ3n) is 4.73. The fraction of sp³-hybridized carbons (Fsp3) is 0.647. The summed E-state index contributed by atoms with van der Waals surface area (Å²) in [6, 6.07) is 6.99. The van der Waals surface area contributed by atoms with Crippen molar-refractivity contribution < 1.29 is 4.74 Å². The zero-order chi connectivity index (χ0) is 13.9. The largest absolute Gasteiger partial charge is 0.383 e. The van der Waals surface area contributed by atoms with Gasteiger partial charge in [0.05, 0.1) is 6.61 Å². The molecule has 1 aliphatic carbocycles. The zero-order valence-electron chi connectivity index (χ0n) is 12.8. The Bertz CT molecular complexity index is 429.